The lowest BCUT2D eigenvalue weighted by molar-refractivity contribution is 0.0553. The molecule has 1 saturated heterocycles. The molecule has 0 N–H and O–H groups in total. The number of fused-ring (bicyclic) bond motifs is 5. The average Bonchev–Trinajstić information content (AvgIpc) is 3.55. The topological polar surface area (TPSA) is 78.1 Å². The first kappa shape index (κ1) is 23.1. The molecular weight excluding hydrogens is 476 g/mol. The Bertz CT molecular complexity index is 1680. The number of carbonyl (C=O) groups excluding carboxylic acids is 1. The minimum absolute atomic E-state index is 0.0695. The van der Waals surface area contributed by atoms with Crippen molar-refractivity contribution in [3.63, 3.8) is 0 Å². The molecule has 8 nitrogen and oxygen atoms in total. The second-order valence-electron chi connectivity index (χ2n) is 10.6. The van der Waals surface area contributed by atoms with E-state index in [9.17, 15) is 4.79 Å². The zero-order chi connectivity index (χ0) is 26.0. The lowest BCUT2D eigenvalue weighted by Crippen LogP contribution is -2.26. The van der Waals surface area contributed by atoms with Gasteiger partial charge in [-0.1, -0.05) is 35.5 Å². The van der Waals surface area contributed by atoms with Gasteiger partial charge in [-0.2, -0.15) is 0 Å². The quantitative estimate of drug-likeness (QED) is 0.347. The molecule has 1 atom stereocenters. The van der Waals surface area contributed by atoms with Crippen LogP contribution in [0.4, 0.5) is 0 Å². The van der Waals surface area contributed by atoms with Crippen molar-refractivity contribution >= 4 is 27.8 Å². The third kappa shape index (κ3) is 3.40. The second-order valence-corrected chi connectivity index (χ2v) is 10.6. The molecule has 192 valence electrons. The maximum absolute atomic E-state index is 12.9. The van der Waals surface area contributed by atoms with Gasteiger partial charge < -0.3 is 14.2 Å². The largest absolute Gasteiger partial charge is 0.381 e. The number of carbonyl (C=O) groups is 1. The third-order valence-electron chi connectivity index (χ3n) is 8.29. The summed E-state index contributed by atoms with van der Waals surface area (Å²) in [6, 6.07) is 17.2. The molecule has 3 aromatic heterocycles. The van der Waals surface area contributed by atoms with E-state index in [-0.39, 0.29) is 11.9 Å². The van der Waals surface area contributed by atoms with E-state index in [0.717, 1.165) is 76.1 Å². The predicted octanol–water partition coefficient (Wildman–Crippen LogP) is 4.90. The van der Waals surface area contributed by atoms with Crippen LogP contribution in [0.1, 0.15) is 46.1 Å². The fourth-order valence-electron chi connectivity index (χ4n) is 6.54. The first-order valence-electron chi connectivity index (χ1n) is 13.2. The molecule has 2 aliphatic rings. The summed E-state index contributed by atoms with van der Waals surface area (Å²) >= 11 is 0. The van der Waals surface area contributed by atoms with Crippen LogP contribution in [0.2, 0.25) is 0 Å². The summed E-state index contributed by atoms with van der Waals surface area (Å²) in [5.41, 5.74) is 9.04. The Morgan fingerprint density at radius 3 is 2.55 bits per heavy atom. The zero-order valence-corrected chi connectivity index (χ0v) is 21.9. The number of hydrogen-bond donors (Lipinski definition) is 0. The number of aryl methyl sites for hydroxylation is 2. The van der Waals surface area contributed by atoms with Gasteiger partial charge in [-0.15, -0.1) is 5.10 Å². The number of aromatic nitrogens is 5. The van der Waals surface area contributed by atoms with E-state index in [1.165, 1.54) is 5.56 Å². The molecule has 0 saturated carbocycles. The molecule has 2 aromatic carbocycles. The Labute approximate surface area is 220 Å². The molecule has 0 unspecified atom stereocenters. The summed E-state index contributed by atoms with van der Waals surface area (Å²) in [7, 11) is 3.78. The number of hydrogen-bond acceptors (Lipinski definition) is 5. The Morgan fingerprint density at radius 2 is 1.82 bits per heavy atom. The van der Waals surface area contributed by atoms with Crippen LogP contribution in [0.3, 0.4) is 0 Å². The van der Waals surface area contributed by atoms with E-state index in [0.29, 0.717) is 12.5 Å². The standard InChI is InChI=1S/C30H30N6O2/c1-18-28(35(3)33-32-18)21-15-25-27(31-16-21)26-23-17-34(2)30(37)22(23)9-10-24(26)36(25)29(19-7-5-4-6-8-19)20-11-13-38-14-12-20/h4-10,15-16,20,29H,11-14,17H2,1-3H3/t29-/m1/s1. The van der Waals surface area contributed by atoms with Crippen molar-refractivity contribution in [3.05, 3.63) is 77.1 Å². The lowest BCUT2D eigenvalue weighted by Gasteiger charge is -2.33. The highest BCUT2D eigenvalue weighted by Gasteiger charge is 2.33. The minimum atomic E-state index is 0.0695. The Hall–Kier alpha value is -4.04. The van der Waals surface area contributed by atoms with Crippen LogP contribution in [0.25, 0.3) is 33.2 Å². The van der Waals surface area contributed by atoms with Crippen LogP contribution in [-0.2, 0) is 18.3 Å². The fourth-order valence-corrected chi connectivity index (χ4v) is 6.54. The molecule has 7 rings (SSSR count). The van der Waals surface area contributed by atoms with Gasteiger partial charge >= 0.3 is 0 Å². The zero-order valence-electron chi connectivity index (χ0n) is 21.9. The van der Waals surface area contributed by atoms with E-state index in [1.54, 1.807) is 4.90 Å². The molecule has 5 aromatic rings. The third-order valence-corrected chi connectivity index (χ3v) is 8.29. The molecule has 0 spiro atoms. The van der Waals surface area contributed by atoms with Crippen molar-refractivity contribution in [2.75, 3.05) is 20.3 Å². The van der Waals surface area contributed by atoms with Crippen molar-refractivity contribution in [2.45, 2.75) is 32.4 Å². The van der Waals surface area contributed by atoms with Crippen molar-refractivity contribution in [1.82, 2.24) is 29.4 Å². The van der Waals surface area contributed by atoms with Crippen molar-refractivity contribution < 1.29 is 9.53 Å². The van der Waals surface area contributed by atoms with E-state index in [1.807, 2.05) is 38.0 Å². The number of amides is 1. The first-order valence-corrected chi connectivity index (χ1v) is 13.2. The molecule has 2 aliphatic heterocycles. The molecule has 1 amide bonds. The highest BCUT2D eigenvalue weighted by Crippen LogP contribution is 2.43. The van der Waals surface area contributed by atoms with Gasteiger partial charge in [0.25, 0.3) is 5.91 Å². The maximum atomic E-state index is 12.9. The smallest absolute Gasteiger partial charge is 0.254 e. The van der Waals surface area contributed by atoms with Gasteiger partial charge in [0, 0.05) is 56.6 Å². The van der Waals surface area contributed by atoms with Crippen molar-refractivity contribution in [2.24, 2.45) is 13.0 Å². The monoisotopic (exact) mass is 506 g/mol. The minimum Gasteiger partial charge on any atom is -0.381 e. The SMILES string of the molecule is Cc1nnn(C)c1-c1cnc2c3c4c(ccc3n([C@H](c3ccccc3)C3CCOCC3)c2c1)C(=O)N(C)C4. The Balaban J connectivity index is 1.57. The summed E-state index contributed by atoms with van der Waals surface area (Å²) in [5.74, 6) is 0.478. The summed E-state index contributed by atoms with van der Waals surface area (Å²) in [5, 5.41) is 9.59. The number of nitrogens with zero attached hydrogens (tertiary/aromatic N) is 6. The Kier molecular flexibility index (Phi) is 5.33. The van der Waals surface area contributed by atoms with Crippen molar-refractivity contribution in [3.8, 4) is 11.3 Å². The normalized spacial score (nSPS) is 17.0. The van der Waals surface area contributed by atoms with Crippen LogP contribution in [-0.4, -0.2) is 55.6 Å². The second kappa shape index (κ2) is 8.77. The number of rotatable bonds is 4. The molecule has 8 heteroatoms. The van der Waals surface area contributed by atoms with Gasteiger partial charge in [0.2, 0.25) is 0 Å². The van der Waals surface area contributed by atoms with E-state index >= 15 is 0 Å². The summed E-state index contributed by atoms with van der Waals surface area (Å²) < 4.78 is 10.1. The predicted molar refractivity (Wildman–Crippen MR) is 146 cm³/mol. The van der Waals surface area contributed by atoms with Gasteiger partial charge in [0.15, 0.2) is 0 Å². The summed E-state index contributed by atoms with van der Waals surface area (Å²) in [6.07, 6.45) is 3.90. The molecular formula is C30H30N6O2. The van der Waals surface area contributed by atoms with Gasteiger partial charge in [-0.05, 0) is 55.0 Å². The van der Waals surface area contributed by atoms with Gasteiger partial charge in [0.05, 0.1) is 34.0 Å². The van der Waals surface area contributed by atoms with Crippen LogP contribution < -0.4 is 0 Å². The van der Waals surface area contributed by atoms with E-state index in [2.05, 4.69) is 57.3 Å². The highest BCUT2D eigenvalue weighted by atomic mass is 16.5. The average molecular weight is 507 g/mol. The maximum Gasteiger partial charge on any atom is 0.254 e. The fraction of sp³-hybridized carbons (Fsp3) is 0.333. The molecule has 1 fully saturated rings. The lowest BCUT2D eigenvalue weighted by atomic mass is 9.86. The van der Waals surface area contributed by atoms with Crippen LogP contribution >= 0.6 is 0 Å². The van der Waals surface area contributed by atoms with E-state index < -0.39 is 0 Å². The molecule has 5 heterocycles. The molecule has 0 bridgehead atoms. The van der Waals surface area contributed by atoms with Gasteiger partial charge in [-0.3, -0.25) is 9.78 Å². The van der Waals surface area contributed by atoms with Crippen LogP contribution in [0.15, 0.2) is 54.7 Å². The number of benzene rings is 2. The summed E-state index contributed by atoms with van der Waals surface area (Å²) in [4.78, 5) is 19.8. The van der Waals surface area contributed by atoms with Gasteiger partial charge in [-0.25, -0.2) is 4.68 Å². The van der Waals surface area contributed by atoms with Crippen molar-refractivity contribution in [1.29, 1.82) is 0 Å². The number of pyridine rings is 1. The van der Waals surface area contributed by atoms with Crippen LogP contribution in [0.5, 0.6) is 0 Å². The molecule has 0 aliphatic carbocycles. The van der Waals surface area contributed by atoms with Crippen LogP contribution in [0, 0.1) is 12.8 Å². The highest BCUT2D eigenvalue weighted by molar-refractivity contribution is 6.13. The molecule has 38 heavy (non-hydrogen) atoms. The van der Waals surface area contributed by atoms with Gasteiger partial charge in [0.1, 0.15) is 0 Å². The Morgan fingerprint density at radius 1 is 1.03 bits per heavy atom. The molecule has 0 radical (unpaired) electrons. The number of ether oxygens (including phenoxy) is 1. The van der Waals surface area contributed by atoms with E-state index in [4.69, 9.17) is 9.72 Å². The first-order chi connectivity index (χ1) is 18.5. The summed E-state index contributed by atoms with van der Waals surface area (Å²) in [6.45, 7) is 4.10.